The molecule has 0 fully saturated rings. The summed E-state index contributed by atoms with van der Waals surface area (Å²) in [6, 6.07) is 7.80. The van der Waals surface area contributed by atoms with Crippen LogP contribution < -0.4 is 0 Å². The molecule has 130 valence electrons. The summed E-state index contributed by atoms with van der Waals surface area (Å²) in [6.45, 7) is 2.06. The molecule has 25 heavy (non-hydrogen) atoms. The Kier molecular flexibility index (Phi) is 4.46. The number of carbonyl (C=O) groups is 2. The summed E-state index contributed by atoms with van der Waals surface area (Å²) >= 11 is 1.52. The molecule has 3 nitrogen and oxygen atoms in total. The van der Waals surface area contributed by atoms with E-state index in [1.54, 1.807) is 0 Å². The standard InChI is InChI=1S/C21H22O3S/c1-13-5-8-19-17(9-13)11-20(25-19)21(23)24-12-18(22)16-7-6-14-3-2-4-15(14)10-16/h6-7,10-11,13H,2-5,8-9,12H2,1H3/t13-/m1/s1. The van der Waals surface area contributed by atoms with Crippen molar-refractivity contribution in [3.05, 3.63) is 56.3 Å². The Morgan fingerprint density at radius 3 is 2.84 bits per heavy atom. The van der Waals surface area contributed by atoms with Crippen LogP contribution in [-0.2, 0) is 30.4 Å². The van der Waals surface area contributed by atoms with Gasteiger partial charge in [-0.25, -0.2) is 4.79 Å². The maximum atomic E-state index is 12.3. The Hall–Kier alpha value is -1.94. The highest BCUT2D eigenvalue weighted by Crippen LogP contribution is 2.32. The van der Waals surface area contributed by atoms with Crippen LogP contribution in [0.1, 0.15) is 61.4 Å². The number of thiophene rings is 1. The van der Waals surface area contributed by atoms with Gasteiger partial charge in [0.05, 0.1) is 0 Å². The number of fused-ring (bicyclic) bond motifs is 2. The number of esters is 1. The quantitative estimate of drug-likeness (QED) is 0.604. The lowest BCUT2D eigenvalue weighted by atomic mass is 9.90. The van der Waals surface area contributed by atoms with E-state index in [1.165, 1.54) is 39.3 Å². The van der Waals surface area contributed by atoms with Crippen molar-refractivity contribution in [2.75, 3.05) is 6.61 Å². The number of aryl methyl sites for hydroxylation is 3. The smallest absolute Gasteiger partial charge is 0.348 e. The van der Waals surface area contributed by atoms with Crippen molar-refractivity contribution in [3.8, 4) is 0 Å². The Labute approximate surface area is 152 Å². The lowest BCUT2D eigenvalue weighted by Gasteiger charge is -2.16. The fourth-order valence-corrected chi connectivity index (χ4v) is 4.94. The summed E-state index contributed by atoms with van der Waals surface area (Å²) in [6.07, 6.45) is 6.55. The summed E-state index contributed by atoms with van der Waals surface area (Å²) < 4.78 is 5.29. The van der Waals surface area contributed by atoms with E-state index < -0.39 is 0 Å². The maximum absolute atomic E-state index is 12.3. The summed E-state index contributed by atoms with van der Waals surface area (Å²) in [5.74, 6) is 0.173. The zero-order valence-corrected chi connectivity index (χ0v) is 15.3. The van der Waals surface area contributed by atoms with Crippen LogP contribution in [0.3, 0.4) is 0 Å². The molecule has 2 aliphatic rings. The average Bonchev–Trinajstić information content (AvgIpc) is 3.24. The van der Waals surface area contributed by atoms with Crippen LogP contribution >= 0.6 is 11.3 Å². The van der Waals surface area contributed by atoms with E-state index in [-0.39, 0.29) is 18.4 Å². The van der Waals surface area contributed by atoms with Crippen LogP contribution in [0.15, 0.2) is 24.3 Å². The van der Waals surface area contributed by atoms with Crippen molar-refractivity contribution in [2.45, 2.75) is 45.4 Å². The monoisotopic (exact) mass is 354 g/mol. The third-order valence-electron chi connectivity index (χ3n) is 5.29. The second kappa shape index (κ2) is 6.75. The van der Waals surface area contributed by atoms with Gasteiger partial charge in [-0.15, -0.1) is 11.3 Å². The van der Waals surface area contributed by atoms with Gasteiger partial charge in [-0.1, -0.05) is 19.1 Å². The summed E-state index contributed by atoms with van der Waals surface area (Å²) in [5, 5.41) is 0. The summed E-state index contributed by atoms with van der Waals surface area (Å²) in [4.78, 5) is 26.6. The molecule has 0 aliphatic heterocycles. The topological polar surface area (TPSA) is 43.4 Å². The van der Waals surface area contributed by atoms with Crippen molar-refractivity contribution < 1.29 is 14.3 Å². The van der Waals surface area contributed by atoms with E-state index in [1.807, 2.05) is 24.3 Å². The number of carbonyl (C=O) groups excluding carboxylic acids is 2. The molecule has 0 radical (unpaired) electrons. The van der Waals surface area contributed by atoms with E-state index in [4.69, 9.17) is 4.74 Å². The first-order valence-electron chi connectivity index (χ1n) is 9.04. The first-order valence-corrected chi connectivity index (χ1v) is 9.85. The first-order chi connectivity index (χ1) is 12.1. The molecule has 0 amide bonds. The molecule has 1 aromatic carbocycles. The zero-order chi connectivity index (χ0) is 17.4. The van der Waals surface area contributed by atoms with Gasteiger partial charge in [0.25, 0.3) is 0 Å². The Morgan fingerprint density at radius 1 is 1.12 bits per heavy atom. The summed E-state index contributed by atoms with van der Waals surface area (Å²) in [7, 11) is 0. The van der Waals surface area contributed by atoms with Gasteiger partial charge in [-0.05, 0) is 73.3 Å². The molecule has 4 heteroatoms. The molecule has 0 bridgehead atoms. The van der Waals surface area contributed by atoms with Crippen LogP contribution in [-0.4, -0.2) is 18.4 Å². The molecule has 0 saturated carbocycles. The van der Waals surface area contributed by atoms with Gasteiger partial charge < -0.3 is 4.74 Å². The third kappa shape index (κ3) is 3.40. The van der Waals surface area contributed by atoms with Gasteiger partial charge in [0.1, 0.15) is 4.88 Å². The van der Waals surface area contributed by atoms with Crippen LogP contribution in [0.2, 0.25) is 0 Å². The Balaban J connectivity index is 1.39. The molecule has 1 heterocycles. The second-order valence-electron chi connectivity index (χ2n) is 7.24. The van der Waals surface area contributed by atoms with Crippen LogP contribution in [0.4, 0.5) is 0 Å². The normalized spacial score (nSPS) is 18.5. The fourth-order valence-electron chi connectivity index (χ4n) is 3.84. The Morgan fingerprint density at radius 2 is 1.96 bits per heavy atom. The fraction of sp³-hybridized carbons (Fsp3) is 0.429. The van der Waals surface area contributed by atoms with Crippen molar-refractivity contribution in [1.29, 1.82) is 0 Å². The van der Waals surface area contributed by atoms with E-state index in [2.05, 4.69) is 6.92 Å². The van der Waals surface area contributed by atoms with Crippen molar-refractivity contribution >= 4 is 23.1 Å². The lowest BCUT2D eigenvalue weighted by Crippen LogP contribution is -2.13. The van der Waals surface area contributed by atoms with Crippen LogP contribution in [0.5, 0.6) is 0 Å². The highest BCUT2D eigenvalue weighted by atomic mass is 32.1. The molecule has 2 aromatic rings. The predicted octanol–water partition coefficient (Wildman–Crippen LogP) is 4.40. The minimum atomic E-state index is -0.374. The molecule has 0 saturated heterocycles. The Bertz CT molecular complexity index is 834. The molecule has 4 rings (SSSR count). The number of hydrogen-bond donors (Lipinski definition) is 0. The largest absolute Gasteiger partial charge is 0.453 e. The highest BCUT2D eigenvalue weighted by molar-refractivity contribution is 7.14. The van der Waals surface area contributed by atoms with Gasteiger partial charge in [0, 0.05) is 10.4 Å². The van der Waals surface area contributed by atoms with Gasteiger partial charge in [0.2, 0.25) is 0 Å². The van der Waals surface area contributed by atoms with E-state index in [0.29, 0.717) is 16.4 Å². The molecule has 1 atom stereocenters. The van der Waals surface area contributed by atoms with Crippen molar-refractivity contribution in [3.63, 3.8) is 0 Å². The number of ketones is 1. The minimum Gasteiger partial charge on any atom is -0.453 e. The van der Waals surface area contributed by atoms with E-state index >= 15 is 0 Å². The van der Waals surface area contributed by atoms with E-state index in [9.17, 15) is 9.59 Å². The van der Waals surface area contributed by atoms with Gasteiger partial charge in [0.15, 0.2) is 12.4 Å². The zero-order valence-electron chi connectivity index (χ0n) is 14.5. The van der Waals surface area contributed by atoms with Gasteiger partial charge >= 0.3 is 5.97 Å². The summed E-state index contributed by atoms with van der Waals surface area (Å²) in [5.41, 5.74) is 4.53. The molecule has 2 aliphatic carbocycles. The molecule has 0 spiro atoms. The number of rotatable bonds is 4. The molecular formula is C21H22O3S. The molecule has 1 aromatic heterocycles. The van der Waals surface area contributed by atoms with Crippen LogP contribution in [0.25, 0.3) is 0 Å². The lowest BCUT2D eigenvalue weighted by molar-refractivity contribution is 0.0479. The molecular weight excluding hydrogens is 332 g/mol. The highest BCUT2D eigenvalue weighted by Gasteiger charge is 2.22. The minimum absolute atomic E-state index is 0.127. The van der Waals surface area contributed by atoms with Crippen molar-refractivity contribution in [1.82, 2.24) is 0 Å². The second-order valence-corrected chi connectivity index (χ2v) is 8.38. The number of hydrogen-bond acceptors (Lipinski definition) is 4. The SMILES string of the molecule is C[C@@H]1CCc2sc(C(=O)OCC(=O)c3ccc4c(c3)CCC4)cc2C1. The predicted molar refractivity (Wildman–Crippen MR) is 98.6 cm³/mol. The first kappa shape index (κ1) is 16.5. The van der Waals surface area contributed by atoms with Crippen LogP contribution in [0, 0.1) is 5.92 Å². The third-order valence-corrected chi connectivity index (χ3v) is 6.50. The molecule has 0 N–H and O–H groups in total. The number of benzene rings is 1. The van der Waals surface area contributed by atoms with Gasteiger partial charge in [-0.3, -0.25) is 4.79 Å². The molecule has 0 unspecified atom stereocenters. The maximum Gasteiger partial charge on any atom is 0.348 e. The number of ether oxygens (including phenoxy) is 1. The average molecular weight is 354 g/mol. The van der Waals surface area contributed by atoms with Crippen molar-refractivity contribution in [2.24, 2.45) is 5.92 Å². The van der Waals surface area contributed by atoms with Gasteiger partial charge in [-0.2, -0.15) is 0 Å². The number of Topliss-reactive ketones (excluding diaryl/α,β-unsaturated/α-hetero) is 1. The van der Waals surface area contributed by atoms with E-state index in [0.717, 1.165) is 32.1 Å².